The molecule has 0 bridgehead atoms. The molecule has 0 saturated carbocycles. The number of fused-ring (bicyclic) bond motifs is 1. The van der Waals surface area contributed by atoms with Crippen LogP contribution in [0, 0.1) is 0 Å². The maximum absolute atomic E-state index is 11.3. The highest BCUT2D eigenvalue weighted by molar-refractivity contribution is 5.83. The number of carbonyl (C=O) groups is 1. The fourth-order valence-electron chi connectivity index (χ4n) is 2.10. The standard InChI is InChI=1S/C16H17N3O4/c1-2-21-16(20)19-15-6-4-12(9-18-15)17-8-11-3-5-13-14(7-11)23-10-22-13/h3-7,9,17H,2,8,10H2,1H3,(H,18,19,20). The Balaban J connectivity index is 1.55. The first-order valence-electron chi connectivity index (χ1n) is 7.27. The minimum Gasteiger partial charge on any atom is -0.454 e. The first-order valence-corrected chi connectivity index (χ1v) is 7.27. The van der Waals surface area contributed by atoms with Crippen LogP contribution in [0.1, 0.15) is 12.5 Å². The predicted octanol–water partition coefficient (Wildman–Crippen LogP) is 2.99. The number of nitrogens with one attached hydrogen (secondary N) is 2. The van der Waals surface area contributed by atoms with Crippen LogP contribution in [0.25, 0.3) is 0 Å². The van der Waals surface area contributed by atoms with Gasteiger partial charge in [-0.15, -0.1) is 0 Å². The Morgan fingerprint density at radius 2 is 2.13 bits per heavy atom. The summed E-state index contributed by atoms with van der Waals surface area (Å²) in [6.07, 6.45) is 1.13. The molecule has 2 aromatic rings. The molecule has 0 unspecified atom stereocenters. The Morgan fingerprint density at radius 1 is 1.26 bits per heavy atom. The molecule has 2 N–H and O–H groups in total. The van der Waals surface area contributed by atoms with Crippen LogP contribution in [0.3, 0.4) is 0 Å². The van der Waals surface area contributed by atoms with Crippen LogP contribution in [0.2, 0.25) is 0 Å². The number of hydrogen-bond donors (Lipinski definition) is 2. The van der Waals surface area contributed by atoms with Gasteiger partial charge in [0.25, 0.3) is 0 Å². The van der Waals surface area contributed by atoms with Gasteiger partial charge in [0, 0.05) is 6.54 Å². The van der Waals surface area contributed by atoms with Crippen LogP contribution >= 0.6 is 0 Å². The third-order valence-corrected chi connectivity index (χ3v) is 3.20. The van der Waals surface area contributed by atoms with Crippen molar-refractivity contribution in [3.8, 4) is 11.5 Å². The van der Waals surface area contributed by atoms with Gasteiger partial charge in [-0.1, -0.05) is 6.07 Å². The van der Waals surface area contributed by atoms with E-state index in [1.807, 2.05) is 24.3 Å². The van der Waals surface area contributed by atoms with E-state index in [1.54, 1.807) is 19.2 Å². The number of hydrogen-bond acceptors (Lipinski definition) is 6. The van der Waals surface area contributed by atoms with Crippen molar-refractivity contribution in [2.75, 3.05) is 24.0 Å². The monoisotopic (exact) mass is 315 g/mol. The van der Waals surface area contributed by atoms with E-state index in [4.69, 9.17) is 14.2 Å². The van der Waals surface area contributed by atoms with Gasteiger partial charge in [-0.05, 0) is 36.8 Å². The van der Waals surface area contributed by atoms with Crippen LogP contribution in [-0.2, 0) is 11.3 Å². The molecular weight excluding hydrogens is 298 g/mol. The van der Waals surface area contributed by atoms with Crippen molar-refractivity contribution in [1.29, 1.82) is 0 Å². The fraction of sp³-hybridized carbons (Fsp3) is 0.250. The lowest BCUT2D eigenvalue weighted by atomic mass is 10.2. The van der Waals surface area contributed by atoms with Crippen LogP contribution in [0.5, 0.6) is 11.5 Å². The van der Waals surface area contributed by atoms with Gasteiger partial charge in [0.15, 0.2) is 11.5 Å². The van der Waals surface area contributed by atoms with E-state index in [-0.39, 0.29) is 6.79 Å². The van der Waals surface area contributed by atoms with Crippen molar-refractivity contribution >= 4 is 17.6 Å². The van der Waals surface area contributed by atoms with Gasteiger partial charge >= 0.3 is 6.09 Å². The number of nitrogens with zero attached hydrogens (tertiary/aromatic N) is 1. The molecule has 2 heterocycles. The number of carbonyl (C=O) groups excluding carboxylic acids is 1. The summed E-state index contributed by atoms with van der Waals surface area (Å²) in [5.74, 6) is 1.97. The van der Waals surface area contributed by atoms with Gasteiger partial charge in [0.05, 0.1) is 18.5 Å². The summed E-state index contributed by atoms with van der Waals surface area (Å²) in [6.45, 7) is 2.96. The maximum Gasteiger partial charge on any atom is 0.412 e. The van der Waals surface area contributed by atoms with Gasteiger partial charge in [0.1, 0.15) is 5.82 Å². The van der Waals surface area contributed by atoms with E-state index in [0.717, 1.165) is 22.7 Å². The molecule has 1 amide bonds. The second-order valence-electron chi connectivity index (χ2n) is 4.82. The zero-order valence-corrected chi connectivity index (χ0v) is 12.7. The SMILES string of the molecule is CCOC(=O)Nc1ccc(NCc2ccc3c(c2)OCO3)cn1. The Morgan fingerprint density at radius 3 is 2.91 bits per heavy atom. The first-order chi connectivity index (χ1) is 11.2. The second kappa shape index (κ2) is 6.87. The van der Waals surface area contributed by atoms with E-state index < -0.39 is 6.09 Å². The molecule has 1 aliphatic heterocycles. The summed E-state index contributed by atoms with van der Waals surface area (Å²) >= 11 is 0. The lowest BCUT2D eigenvalue weighted by Crippen LogP contribution is -2.14. The quantitative estimate of drug-likeness (QED) is 0.883. The molecule has 0 saturated heterocycles. The zero-order chi connectivity index (χ0) is 16.1. The zero-order valence-electron chi connectivity index (χ0n) is 12.7. The number of anilines is 2. The largest absolute Gasteiger partial charge is 0.454 e. The van der Waals surface area contributed by atoms with Crippen LogP contribution < -0.4 is 20.1 Å². The number of ether oxygens (including phenoxy) is 3. The average Bonchev–Trinajstić information content (AvgIpc) is 3.02. The molecule has 23 heavy (non-hydrogen) atoms. The normalized spacial score (nSPS) is 11.9. The van der Waals surface area contributed by atoms with Crippen molar-refractivity contribution < 1.29 is 19.0 Å². The third-order valence-electron chi connectivity index (χ3n) is 3.20. The molecule has 120 valence electrons. The molecule has 1 aromatic carbocycles. The molecular formula is C16H17N3O4. The Bertz CT molecular complexity index is 688. The minimum absolute atomic E-state index is 0.269. The summed E-state index contributed by atoms with van der Waals surface area (Å²) in [7, 11) is 0. The summed E-state index contributed by atoms with van der Waals surface area (Å²) in [5, 5.41) is 5.80. The van der Waals surface area contributed by atoms with Crippen LogP contribution in [-0.4, -0.2) is 24.5 Å². The fourth-order valence-corrected chi connectivity index (χ4v) is 2.10. The van der Waals surface area contributed by atoms with Gasteiger partial charge in [-0.2, -0.15) is 0 Å². The number of pyridine rings is 1. The van der Waals surface area contributed by atoms with Crippen molar-refractivity contribution in [1.82, 2.24) is 4.98 Å². The number of aromatic nitrogens is 1. The molecule has 7 heteroatoms. The highest BCUT2D eigenvalue weighted by atomic mass is 16.7. The van der Waals surface area contributed by atoms with Crippen LogP contribution in [0.4, 0.5) is 16.3 Å². The van der Waals surface area contributed by atoms with Gasteiger partial charge in [0.2, 0.25) is 6.79 Å². The predicted molar refractivity (Wildman–Crippen MR) is 84.8 cm³/mol. The van der Waals surface area contributed by atoms with E-state index in [2.05, 4.69) is 15.6 Å². The van der Waals surface area contributed by atoms with Crippen molar-refractivity contribution in [2.45, 2.75) is 13.5 Å². The molecule has 0 atom stereocenters. The maximum atomic E-state index is 11.3. The highest BCUT2D eigenvalue weighted by Gasteiger charge is 2.12. The van der Waals surface area contributed by atoms with Gasteiger partial charge in [-0.3, -0.25) is 5.32 Å². The van der Waals surface area contributed by atoms with Crippen molar-refractivity contribution in [2.24, 2.45) is 0 Å². The third kappa shape index (κ3) is 3.82. The van der Waals surface area contributed by atoms with E-state index in [1.165, 1.54) is 0 Å². The number of benzene rings is 1. The van der Waals surface area contributed by atoms with Crippen LogP contribution in [0.15, 0.2) is 36.5 Å². The molecule has 0 fully saturated rings. The Hall–Kier alpha value is -2.96. The molecule has 1 aliphatic rings. The van der Waals surface area contributed by atoms with Gasteiger partial charge in [-0.25, -0.2) is 9.78 Å². The molecule has 7 nitrogen and oxygen atoms in total. The van der Waals surface area contributed by atoms with Gasteiger partial charge < -0.3 is 19.5 Å². The summed E-state index contributed by atoms with van der Waals surface area (Å²) in [4.78, 5) is 15.4. The summed E-state index contributed by atoms with van der Waals surface area (Å²) in [6, 6.07) is 9.36. The Labute approximate surface area is 133 Å². The molecule has 3 rings (SSSR count). The first kappa shape index (κ1) is 15.0. The van der Waals surface area contributed by atoms with Crippen molar-refractivity contribution in [3.63, 3.8) is 0 Å². The topological polar surface area (TPSA) is 81.7 Å². The molecule has 0 spiro atoms. The second-order valence-corrected chi connectivity index (χ2v) is 4.82. The van der Waals surface area contributed by atoms with Crippen molar-refractivity contribution in [3.05, 3.63) is 42.1 Å². The van der Waals surface area contributed by atoms with E-state index in [9.17, 15) is 4.79 Å². The Kier molecular flexibility index (Phi) is 4.46. The summed E-state index contributed by atoms with van der Waals surface area (Å²) < 4.78 is 15.4. The average molecular weight is 315 g/mol. The number of rotatable bonds is 5. The summed E-state index contributed by atoms with van der Waals surface area (Å²) in [5.41, 5.74) is 1.92. The smallest absolute Gasteiger partial charge is 0.412 e. The van der Waals surface area contributed by atoms with E-state index in [0.29, 0.717) is 19.0 Å². The number of amides is 1. The molecule has 0 radical (unpaired) electrons. The lowest BCUT2D eigenvalue weighted by Gasteiger charge is -2.08. The molecule has 1 aromatic heterocycles. The van der Waals surface area contributed by atoms with E-state index >= 15 is 0 Å². The minimum atomic E-state index is -0.513. The highest BCUT2D eigenvalue weighted by Crippen LogP contribution is 2.32. The molecule has 0 aliphatic carbocycles. The lowest BCUT2D eigenvalue weighted by molar-refractivity contribution is 0.168.